The third kappa shape index (κ3) is 3.10. The molecule has 2 aromatic heterocycles. The van der Waals surface area contributed by atoms with Crippen molar-refractivity contribution in [1.82, 2.24) is 20.1 Å². The number of nitrogens with one attached hydrogen (secondary N) is 1. The van der Waals surface area contributed by atoms with Gasteiger partial charge in [-0.15, -0.1) is 11.3 Å². The fourth-order valence-electron chi connectivity index (χ4n) is 2.18. The Bertz CT molecular complexity index is 590. The van der Waals surface area contributed by atoms with Crippen LogP contribution in [-0.4, -0.2) is 21.8 Å². The second-order valence-corrected chi connectivity index (χ2v) is 7.16. The molecule has 2 rings (SSSR count). The molecule has 2 aromatic rings. The molecule has 0 aromatic carbocycles. The van der Waals surface area contributed by atoms with Crippen molar-refractivity contribution in [2.75, 3.05) is 7.05 Å². The molecule has 0 bridgehead atoms. The van der Waals surface area contributed by atoms with E-state index in [2.05, 4.69) is 55.1 Å². The summed E-state index contributed by atoms with van der Waals surface area (Å²) in [5.41, 5.74) is 4.89. The van der Waals surface area contributed by atoms with Gasteiger partial charge < -0.3 is 5.32 Å². The summed E-state index contributed by atoms with van der Waals surface area (Å²) in [5.74, 6) is 0. The van der Waals surface area contributed by atoms with Gasteiger partial charge in [0.1, 0.15) is 5.01 Å². The van der Waals surface area contributed by atoms with Crippen molar-refractivity contribution >= 4 is 11.3 Å². The highest BCUT2D eigenvalue weighted by molar-refractivity contribution is 7.09. The van der Waals surface area contributed by atoms with Gasteiger partial charge >= 0.3 is 0 Å². The van der Waals surface area contributed by atoms with E-state index in [4.69, 9.17) is 4.98 Å². The number of thiazole rings is 1. The largest absolute Gasteiger partial charge is 0.316 e. The molecule has 110 valence electrons. The van der Waals surface area contributed by atoms with Crippen molar-refractivity contribution in [3.05, 3.63) is 33.0 Å². The number of nitrogens with zero attached hydrogens (tertiary/aromatic N) is 3. The molecule has 0 spiro atoms. The van der Waals surface area contributed by atoms with E-state index in [9.17, 15) is 0 Å². The molecule has 5 heteroatoms. The average Bonchev–Trinajstić information content (AvgIpc) is 2.90. The van der Waals surface area contributed by atoms with Gasteiger partial charge in [0.15, 0.2) is 0 Å². The molecule has 4 nitrogen and oxygen atoms in total. The second kappa shape index (κ2) is 5.66. The number of hydrogen-bond acceptors (Lipinski definition) is 4. The topological polar surface area (TPSA) is 42.7 Å². The first-order chi connectivity index (χ1) is 9.32. The van der Waals surface area contributed by atoms with Gasteiger partial charge in [-0.2, -0.15) is 5.10 Å². The average molecular weight is 292 g/mol. The van der Waals surface area contributed by atoms with Crippen LogP contribution in [-0.2, 0) is 18.5 Å². The monoisotopic (exact) mass is 292 g/mol. The molecule has 0 unspecified atom stereocenters. The summed E-state index contributed by atoms with van der Waals surface area (Å²) in [6.45, 7) is 12.4. The predicted octanol–water partition coefficient (Wildman–Crippen LogP) is 3.02. The van der Waals surface area contributed by atoms with Gasteiger partial charge in [-0.1, -0.05) is 20.8 Å². The minimum Gasteiger partial charge on any atom is -0.316 e. The molecule has 0 aliphatic carbocycles. The van der Waals surface area contributed by atoms with Crippen LogP contribution >= 0.6 is 11.3 Å². The van der Waals surface area contributed by atoms with Crippen molar-refractivity contribution in [3.63, 3.8) is 0 Å². The zero-order chi connectivity index (χ0) is 14.9. The molecule has 0 fully saturated rings. The fraction of sp³-hybridized carbons (Fsp3) is 0.600. The molecule has 0 saturated heterocycles. The van der Waals surface area contributed by atoms with E-state index < -0.39 is 0 Å². The van der Waals surface area contributed by atoms with E-state index >= 15 is 0 Å². The highest BCUT2D eigenvalue weighted by atomic mass is 32.1. The summed E-state index contributed by atoms with van der Waals surface area (Å²) >= 11 is 1.72. The molecule has 0 aliphatic rings. The van der Waals surface area contributed by atoms with Crippen LogP contribution in [0.15, 0.2) is 5.38 Å². The maximum absolute atomic E-state index is 4.74. The van der Waals surface area contributed by atoms with Gasteiger partial charge in [0.2, 0.25) is 0 Å². The highest BCUT2D eigenvalue weighted by Gasteiger charge is 2.18. The van der Waals surface area contributed by atoms with Crippen LogP contribution in [0.4, 0.5) is 0 Å². The van der Waals surface area contributed by atoms with Crippen molar-refractivity contribution in [2.45, 2.75) is 53.1 Å². The minimum absolute atomic E-state index is 0.112. The molecule has 2 heterocycles. The Balaban J connectivity index is 2.22. The van der Waals surface area contributed by atoms with Crippen LogP contribution in [0.1, 0.15) is 48.4 Å². The van der Waals surface area contributed by atoms with Crippen LogP contribution in [0.3, 0.4) is 0 Å². The molecule has 0 amide bonds. The van der Waals surface area contributed by atoms with Crippen molar-refractivity contribution < 1.29 is 0 Å². The summed E-state index contributed by atoms with van der Waals surface area (Å²) in [7, 11) is 1.96. The Morgan fingerprint density at radius 3 is 2.55 bits per heavy atom. The van der Waals surface area contributed by atoms with Crippen LogP contribution in [0, 0.1) is 13.8 Å². The normalized spacial score (nSPS) is 12.1. The van der Waals surface area contributed by atoms with E-state index in [1.54, 1.807) is 11.3 Å². The van der Waals surface area contributed by atoms with Gasteiger partial charge in [-0.25, -0.2) is 4.98 Å². The highest BCUT2D eigenvalue weighted by Crippen LogP contribution is 2.24. The molecule has 0 atom stereocenters. The molecular weight excluding hydrogens is 268 g/mol. The van der Waals surface area contributed by atoms with E-state index in [0.717, 1.165) is 29.5 Å². The van der Waals surface area contributed by atoms with E-state index in [0.29, 0.717) is 0 Å². The van der Waals surface area contributed by atoms with Crippen LogP contribution in [0.25, 0.3) is 0 Å². The summed E-state index contributed by atoms with van der Waals surface area (Å²) < 4.78 is 2.06. The van der Waals surface area contributed by atoms with Gasteiger partial charge in [-0.3, -0.25) is 4.68 Å². The standard InChI is InChI=1S/C15H24N4S/c1-10-12(7-16-6)11(2)19(18-10)8-14-17-13(9-20-14)15(3,4)5/h9,16H,7-8H2,1-6H3. The first kappa shape index (κ1) is 15.2. The Morgan fingerprint density at radius 1 is 1.30 bits per heavy atom. The lowest BCUT2D eigenvalue weighted by Crippen LogP contribution is -2.12. The quantitative estimate of drug-likeness (QED) is 0.942. The lowest BCUT2D eigenvalue weighted by Gasteiger charge is -2.14. The van der Waals surface area contributed by atoms with Crippen molar-refractivity contribution in [1.29, 1.82) is 0 Å². The van der Waals surface area contributed by atoms with Gasteiger partial charge in [0.05, 0.1) is 17.9 Å². The van der Waals surface area contributed by atoms with Crippen molar-refractivity contribution in [3.8, 4) is 0 Å². The molecule has 0 saturated carbocycles. The zero-order valence-corrected chi connectivity index (χ0v) is 14.1. The third-order valence-corrected chi connectivity index (χ3v) is 4.32. The maximum Gasteiger partial charge on any atom is 0.114 e. The lowest BCUT2D eigenvalue weighted by molar-refractivity contribution is 0.566. The molecule has 0 radical (unpaired) electrons. The lowest BCUT2D eigenvalue weighted by atomic mass is 9.93. The van der Waals surface area contributed by atoms with Gasteiger partial charge in [-0.05, 0) is 20.9 Å². The van der Waals surface area contributed by atoms with Crippen LogP contribution in [0.5, 0.6) is 0 Å². The summed E-state index contributed by atoms with van der Waals surface area (Å²) in [6.07, 6.45) is 0. The third-order valence-electron chi connectivity index (χ3n) is 3.49. The number of aromatic nitrogens is 3. The summed E-state index contributed by atoms with van der Waals surface area (Å²) in [4.78, 5) is 4.74. The number of rotatable bonds is 4. The Morgan fingerprint density at radius 2 is 2.00 bits per heavy atom. The second-order valence-electron chi connectivity index (χ2n) is 6.21. The minimum atomic E-state index is 0.112. The first-order valence-corrected chi connectivity index (χ1v) is 7.83. The van der Waals surface area contributed by atoms with Crippen LogP contribution < -0.4 is 5.32 Å². The Labute approximate surface area is 125 Å². The fourth-order valence-corrected chi connectivity index (χ4v) is 3.18. The smallest absolute Gasteiger partial charge is 0.114 e. The first-order valence-electron chi connectivity index (χ1n) is 6.95. The maximum atomic E-state index is 4.74. The summed E-state index contributed by atoms with van der Waals surface area (Å²) in [6, 6.07) is 0. The Hall–Kier alpha value is -1.20. The van der Waals surface area contributed by atoms with E-state index in [1.807, 2.05) is 7.05 Å². The van der Waals surface area contributed by atoms with Crippen LogP contribution in [0.2, 0.25) is 0 Å². The van der Waals surface area contributed by atoms with Crippen molar-refractivity contribution in [2.24, 2.45) is 0 Å². The molecule has 0 aliphatic heterocycles. The molecular formula is C15H24N4S. The number of aryl methyl sites for hydroxylation is 1. The number of hydrogen-bond donors (Lipinski definition) is 1. The predicted molar refractivity (Wildman–Crippen MR) is 84.4 cm³/mol. The van der Waals surface area contributed by atoms with Gasteiger partial charge in [0.25, 0.3) is 0 Å². The summed E-state index contributed by atoms with van der Waals surface area (Å²) in [5, 5.41) is 11.1. The van der Waals surface area contributed by atoms with E-state index in [-0.39, 0.29) is 5.41 Å². The SMILES string of the molecule is CNCc1c(C)nn(Cc2nc(C(C)(C)C)cs2)c1C. The Kier molecular flexibility index (Phi) is 4.30. The zero-order valence-electron chi connectivity index (χ0n) is 13.2. The molecule has 1 N–H and O–H groups in total. The molecule has 20 heavy (non-hydrogen) atoms. The van der Waals surface area contributed by atoms with E-state index in [1.165, 1.54) is 11.3 Å². The van der Waals surface area contributed by atoms with Gasteiger partial charge in [0, 0.05) is 28.6 Å².